The molecule has 0 unspecified atom stereocenters. The van der Waals surface area contributed by atoms with Crippen LogP contribution in [0.1, 0.15) is 76.2 Å². The summed E-state index contributed by atoms with van der Waals surface area (Å²) in [6.07, 6.45) is 12.7. The van der Waals surface area contributed by atoms with E-state index in [2.05, 4.69) is 19.1 Å². The van der Waals surface area contributed by atoms with Gasteiger partial charge in [0.1, 0.15) is 0 Å². The molecular formula is C22H33ClO. The van der Waals surface area contributed by atoms with Crippen LogP contribution in [0.5, 0.6) is 0 Å². The van der Waals surface area contributed by atoms with Crippen molar-refractivity contribution in [2.45, 2.75) is 70.6 Å². The zero-order chi connectivity index (χ0) is 16.8. The summed E-state index contributed by atoms with van der Waals surface area (Å²) in [4.78, 5) is 0. The third kappa shape index (κ3) is 4.99. The van der Waals surface area contributed by atoms with Crippen LogP contribution in [-0.2, 0) is 4.74 Å². The molecule has 0 N–H and O–H groups in total. The first-order chi connectivity index (χ1) is 11.8. The summed E-state index contributed by atoms with van der Waals surface area (Å²) in [5, 5.41) is 0.855. The summed E-state index contributed by atoms with van der Waals surface area (Å²) in [7, 11) is 0. The van der Waals surface area contributed by atoms with Gasteiger partial charge in [-0.05, 0) is 93.2 Å². The second kappa shape index (κ2) is 9.25. The molecule has 134 valence electrons. The van der Waals surface area contributed by atoms with Crippen LogP contribution in [0, 0.1) is 17.8 Å². The molecule has 24 heavy (non-hydrogen) atoms. The summed E-state index contributed by atoms with van der Waals surface area (Å²) in [6, 6.07) is 8.56. The lowest BCUT2D eigenvalue weighted by Gasteiger charge is -2.38. The Morgan fingerprint density at radius 1 is 0.875 bits per heavy atom. The Bertz CT molecular complexity index is 467. The molecule has 2 saturated carbocycles. The van der Waals surface area contributed by atoms with Gasteiger partial charge in [0.05, 0.1) is 0 Å². The monoisotopic (exact) mass is 348 g/mol. The van der Waals surface area contributed by atoms with Crippen molar-refractivity contribution < 1.29 is 4.74 Å². The molecule has 0 spiro atoms. The third-order valence-electron chi connectivity index (χ3n) is 6.55. The lowest BCUT2D eigenvalue weighted by Crippen LogP contribution is -2.25. The van der Waals surface area contributed by atoms with E-state index >= 15 is 0 Å². The average Bonchev–Trinajstić information content (AvgIpc) is 2.63. The molecular weight excluding hydrogens is 316 g/mol. The van der Waals surface area contributed by atoms with E-state index in [4.69, 9.17) is 16.3 Å². The molecule has 0 atom stereocenters. The van der Waals surface area contributed by atoms with Gasteiger partial charge >= 0.3 is 0 Å². The standard InChI is InChI=1S/C22H33ClO/c1-2-24-16-15-17-3-5-18(6-4-17)19-7-9-20(10-8-19)21-11-13-22(23)14-12-21/h11-14,17-20H,2-10,15-16H2,1H3/t17-,18-,19-,20-. The van der Waals surface area contributed by atoms with Crippen molar-refractivity contribution >= 4 is 11.6 Å². The summed E-state index contributed by atoms with van der Waals surface area (Å²) in [5.74, 6) is 3.68. The maximum Gasteiger partial charge on any atom is 0.0468 e. The second-order valence-corrected chi connectivity index (χ2v) is 8.37. The topological polar surface area (TPSA) is 9.23 Å². The first-order valence-corrected chi connectivity index (χ1v) is 10.5. The Hall–Kier alpha value is -0.530. The SMILES string of the molecule is CCOCC[C@H]1CC[C@H]([C@H]2CC[C@H](c3ccc(Cl)cc3)CC2)CC1. The zero-order valence-electron chi connectivity index (χ0n) is 15.2. The summed E-state index contributed by atoms with van der Waals surface area (Å²) in [6.45, 7) is 3.93. The molecule has 1 aromatic rings. The van der Waals surface area contributed by atoms with E-state index in [1.54, 1.807) is 0 Å². The van der Waals surface area contributed by atoms with E-state index in [1.165, 1.54) is 63.4 Å². The predicted molar refractivity (Wildman–Crippen MR) is 103 cm³/mol. The quantitative estimate of drug-likeness (QED) is 0.511. The minimum Gasteiger partial charge on any atom is -0.382 e. The van der Waals surface area contributed by atoms with Gasteiger partial charge in [-0.1, -0.05) is 36.6 Å². The van der Waals surface area contributed by atoms with Gasteiger partial charge < -0.3 is 4.74 Å². The summed E-state index contributed by atoms with van der Waals surface area (Å²) < 4.78 is 5.53. The fraction of sp³-hybridized carbons (Fsp3) is 0.727. The van der Waals surface area contributed by atoms with Gasteiger partial charge in [-0.25, -0.2) is 0 Å². The van der Waals surface area contributed by atoms with Crippen molar-refractivity contribution in [1.29, 1.82) is 0 Å². The smallest absolute Gasteiger partial charge is 0.0468 e. The Labute approximate surface area is 153 Å². The molecule has 1 aromatic carbocycles. The van der Waals surface area contributed by atoms with Crippen LogP contribution >= 0.6 is 11.6 Å². The Kier molecular flexibility index (Phi) is 7.04. The highest BCUT2D eigenvalue weighted by atomic mass is 35.5. The largest absolute Gasteiger partial charge is 0.382 e. The fourth-order valence-corrected chi connectivity index (χ4v) is 5.13. The minimum atomic E-state index is 0.765. The summed E-state index contributed by atoms with van der Waals surface area (Å²) in [5.41, 5.74) is 1.50. The molecule has 0 aromatic heterocycles. The molecule has 0 amide bonds. The molecule has 2 fully saturated rings. The van der Waals surface area contributed by atoms with Gasteiger partial charge in [0, 0.05) is 18.2 Å². The first kappa shape index (κ1) is 18.3. The van der Waals surface area contributed by atoms with Crippen molar-refractivity contribution in [3.8, 4) is 0 Å². The number of rotatable bonds is 6. The van der Waals surface area contributed by atoms with Crippen molar-refractivity contribution in [2.24, 2.45) is 17.8 Å². The van der Waals surface area contributed by atoms with Crippen molar-refractivity contribution in [2.75, 3.05) is 13.2 Å². The maximum absolute atomic E-state index is 6.02. The molecule has 0 heterocycles. The van der Waals surface area contributed by atoms with Crippen molar-refractivity contribution in [3.05, 3.63) is 34.9 Å². The van der Waals surface area contributed by atoms with E-state index < -0.39 is 0 Å². The van der Waals surface area contributed by atoms with E-state index in [1.807, 2.05) is 12.1 Å². The van der Waals surface area contributed by atoms with Gasteiger partial charge in [-0.3, -0.25) is 0 Å². The Morgan fingerprint density at radius 3 is 2.04 bits per heavy atom. The Morgan fingerprint density at radius 2 is 1.46 bits per heavy atom. The molecule has 1 nitrogen and oxygen atoms in total. The lowest BCUT2D eigenvalue weighted by atomic mass is 9.68. The van der Waals surface area contributed by atoms with Crippen LogP contribution in [0.2, 0.25) is 5.02 Å². The molecule has 3 rings (SSSR count). The number of hydrogen-bond donors (Lipinski definition) is 0. The highest BCUT2D eigenvalue weighted by molar-refractivity contribution is 6.30. The van der Waals surface area contributed by atoms with Crippen LogP contribution < -0.4 is 0 Å². The summed E-state index contributed by atoms with van der Waals surface area (Å²) >= 11 is 6.02. The third-order valence-corrected chi connectivity index (χ3v) is 6.80. The molecule has 0 bridgehead atoms. The second-order valence-electron chi connectivity index (χ2n) is 7.93. The van der Waals surface area contributed by atoms with Gasteiger partial charge in [0.25, 0.3) is 0 Å². The maximum atomic E-state index is 6.02. The van der Waals surface area contributed by atoms with Gasteiger partial charge in [0.2, 0.25) is 0 Å². The minimum absolute atomic E-state index is 0.765. The highest BCUT2D eigenvalue weighted by Gasteiger charge is 2.31. The van der Waals surface area contributed by atoms with Crippen LogP contribution in [0.25, 0.3) is 0 Å². The van der Waals surface area contributed by atoms with E-state index in [0.29, 0.717) is 0 Å². The van der Waals surface area contributed by atoms with Gasteiger partial charge in [-0.2, -0.15) is 0 Å². The van der Waals surface area contributed by atoms with Crippen LogP contribution in [-0.4, -0.2) is 13.2 Å². The molecule has 2 heteroatoms. The van der Waals surface area contributed by atoms with E-state index in [9.17, 15) is 0 Å². The number of halogens is 1. The van der Waals surface area contributed by atoms with Crippen LogP contribution in [0.15, 0.2) is 24.3 Å². The number of benzene rings is 1. The Balaban J connectivity index is 1.40. The van der Waals surface area contributed by atoms with Gasteiger partial charge in [0.15, 0.2) is 0 Å². The molecule has 2 aliphatic carbocycles. The number of ether oxygens (including phenoxy) is 1. The average molecular weight is 349 g/mol. The van der Waals surface area contributed by atoms with Gasteiger partial charge in [-0.15, -0.1) is 0 Å². The van der Waals surface area contributed by atoms with E-state index in [-0.39, 0.29) is 0 Å². The zero-order valence-corrected chi connectivity index (χ0v) is 15.9. The molecule has 0 radical (unpaired) electrons. The molecule has 2 aliphatic rings. The highest BCUT2D eigenvalue weighted by Crippen LogP contribution is 2.44. The molecule has 0 aliphatic heterocycles. The van der Waals surface area contributed by atoms with Crippen molar-refractivity contribution in [1.82, 2.24) is 0 Å². The fourth-order valence-electron chi connectivity index (χ4n) is 5.00. The first-order valence-electron chi connectivity index (χ1n) is 10.1. The predicted octanol–water partition coefficient (Wildman–Crippen LogP) is 6.85. The van der Waals surface area contributed by atoms with E-state index in [0.717, 1.165) is 41.9 Å². The normalized spacial score (nSPS) is 31.1. The number of hydrogen-bond acceptors (Lipinski definition) is 1. The molecule has 0 saturated heterocycles. The lowest BCUT2D eigenvalue weighted by molar-refractivity contribution is 0.107. The van der Waals surface area contributed by atoms with Crippen molar-refractivity contribution in [3.63, 3.8) is 0 Å². The van der Waals surface area contributed by atoms with Crippen LogP contribution in [0.4, 0.5) is 0 Å². The van der Waals surface area contributed by atoms with Crippen LogP contribution in [0.3, 0.4) is 0 Å².